The number of rotatable bonds is 8. The van der Waals surface area contributed by atoms with E-state index in [9.17, 15) is 0 Å². The average molecular weight is 727 g/mol. The molecule has 54 heavy (non-hydrogen) atoms. The highest BCUT2D eigenvalue weighted by molar-refractivity contribution is 8.07. The van der Waals surface area contributed by atoms with Gasteiger partial charge in [0.1, 0.15) is 0 Å². The summed E-state index contributed by atoms with van der Waals surface area (Å²) in [6.07, 6.45) is 27.3. The fourth-order valence-electron chi connectivity index (χ4n) is 9.40. The van der Waals surface area contributed by atoms with Crippen LogP contribution in [-0.4, -0.2) is 7.05 Å². The molecule has 0 saturated carbocycles. The molecule has 0 fully saturated rings. The smallest absolute Gasteiger partial charge is 0.0466 e. The van der Waals surface area contributed by atoms with Gasteiger partial charge in [-0.3, -0.25) is 0 Å². The van der Waals surface area contributed by atoms with E-state index in [0.717, 1.165) is 50.6 Å². The lowest BCUT2D eigenvalue weighted by Crippen LogP contribution is -2.40. The number of hydrogen-bond donors (Lipinski definition) is 2. The van der Waals surface area contributed by atoms with Gasteiger partial charge in [-0.05, 0) is 125 Å². The van der Waals surface area contributed by atoms with Crippen molar-refractivity contribution in [2.24, 2.45) is 11.7 Å². The Hall–Kier alpha value is -4.99. The largest absolute Gasteiger partial charge is 0.405 e. The second-order valence-corrected chi connectivity index (χ2v) is 15.7. The van der Waals surface area contributed by atoms with E-state index in [1.54, 1.807) is 17.3 Å². The molecule has 2 nitrogen and oxygen atoms in total. The predicted molar refractivity (Wildman–Crippen MR) is 235 cm³/mol. The minimum absolute atomic E-state index is 0.189. The Morgan fingerprint density at radius 3 is 2.44 bits per heavy atom. The lowest BCUT2D eigenvalue weighted by molar-refractivity contribution is 0.401. The molecule has 3 aromatic rings. The van der Waals surface area contributed by atoms with Gasteiger partial charge in [-0.2, -0.15) is 0 Å². The number of hydrogen-bond acceptors (Lipinski definition) is 3. The maximum absolute atomic E-state index is 5.83. The second kappa shape index (κ2) is 16.6. The summed E-state index contributed by atoms with van der Waals surface area (Å²) in [7, 11) is 1.91. The van der Waals surface area contributed by atoms with Gasteiger partial charge in [0.05, 0.1) is 0 Å². The van der Waals surface area contributed by atoms with Crippen LogP contribution in [0.25, 0.3) is 5.57 Å². The predicted octanol–water partition coefficient (Wildman–Crippen LogP) is 13.2. The molecule has 3 aromatic carbocycles. The molecule has 0 spiro atoms. The Bertz CT molecular complexity index is 2200. The van der Waals surface area contributed by atoms with Crippen LogP contribution in [0.4, 0.5) is 5.69 Å². The van der Waals surface area contributed by atoms with E-state index in [4.69, 9.17) is 5.73 Å². The van der Waals surface area contributed by atoms with Gasteiger partial charge in [0.15, 0.2) is 0 Å². The Kier molecular flexibility index (Phi) is 11.5. The van der Waals surface area contributed by atoms with Gasteiger partial charge in [-0.25, -0.2) is 0 Å². The number of fused-ring (bicyclic) bond motifs is 4. The topological polar surface area (TPSA) is 38.0 Å². The minimum atomic E-state index is -0.189. The quantitative estimate of drug-likeness (QED) is 0.243. The molecule has 1 heterocycles. The molecule has 0 saturated heterocycles. The van der Waals surface area contributed by atoms with Crippen molar-refractivity contribution in [3.63, 3.8) is 0 Å². The molecule has 0 amide bonds. The van der Waals surface area contributed by atoms with Crippen molar-refractivity contribution < 1.29 is 0 Å². The summed E-state index contributed by atoms with van der Waals surface area (Å²) in [5.74, 6) is 0.376. The summed E-state index contributed by atoms with van der Waals surface area (Å²) < 4.78 is 0. The van der Waals surface area contributed by atoms with Crippen LogP contribution in [0.3, 0.4) is 0 Å². The van der Waals surface area contributed by atoms with Gasteiger partial charge in [-0.1, -0.05) is 153 Å². The van der Waals surface area contributed by atoms with Crippen LogP contribution in [0, 0.1) is 5.92 Å². The van der Waals surface area contributed by atoms with Crippen molar-refractivity contribution in [2.75, 3.05) is 12.4 Å². The zero-order chi connectivity index (χ0) is 37.7. The van der Waals surface area contributed by atoms with Crippen LogP contribution in [0.1, 0.15) is 81.5 Å². The van der Waals surface area contributed by atoms with E-state index in [2.05, 4.69) is 116 Å². The van der Waals surface area contributed by atoms with Crippen LogP contribution < -0.4 is 11.1 Å². The van der Waals surface area contributed by atoms with Crippen LogP contribution in [-0.2, 0) is 11.8 Å². The van der Waals surface area contributed by atoms with Gasteiger partial charge in [0, 0.05) is 40.3 Å². The molecule has 3 heteroatoms. The van der Waals surface area contributed by atoms with E-state index >= 15 is 0 Å². The summed E-state index contributed by atoms with van der Waals surface area (Å²) in [4.78, 5) is 2.92. The Balaban J connectivity index is 0.000000397. The number of nitrogens with two attached hydrogens (primary N) is 1. The number of anilines is 1. The molecule has 5 aliphatic carbocycles. The number of allylic oxidation sites excluding steroid dienone is 17. The fourth-order valence-corrected chi connectivity index (χ4v) is 10.7. The molecule has 0 radical (unpaired) electrons. The summed E-state index contributed by atoms with van der Waals surface area (Å²) >= 11 is 1.99. The third-order valence-corrected chi connectivity index (χ3v) is 12.8. The Labute approximate surface area is 328 Å². The van der Waals surface area contributed by atoms with E-state index in [0.29, 0.717) is 5.92 Å². The molecule has 9 rings (SSSR count). The molecular formula is C51H54N2S. The first-order chi connectivity index (χ1) is 26.5. The molecular weight excluding hydrogens is 673 g/mol. The Morgan fingerprint density at radius 1 is 0.944 bits per heavy atom. The van der Waals surface area contributed by atoms with E-state index in [-0.39, 0.29) is 5.41 Å². The Morgan fingerprint density at radius 2 is 1.72 bits per heavy atom. The summed E-state index contributed by atoms with van der Waals surface area (Å²) in [6.45, 7) is 11.0. The molecule has 2 atom stereocenters. The van der Waals surface area contributed by atoms with Gasteiger partial charge in [0.25, 0.3) is 0 Å². The molecule has 2 unspecified atom stereocenters. The number of thioether (sulfide) groups is 1. The first-order valence-electron chi connectivity index (χ1n) is 19.8. The van der Waals surface area contributed by atoms with Crippen molar-refractivity contribution in [3.8, 4) is 0 Å². The van der Waals surface area contributed by atoms with Crippen LogP contribution in [0.5, 0.6) is 0 Å². The van der Waals surface area contributed by atoms with Crippen molar-refractivity contribution in [1.82, 2.24) is 0 Å². The first-order valence-corrected chi connectivity index (χ1v) is 20.6. The lowest BCUT2D eigenvalue weighted by atomic mass is 9.57. The van der Waals surface area contributed by atoms with Gasteiger partial charge in [-0.15, -0.1) is 0 Å². The van der Waals surface area contributed by atoms with Crippen molar-refractivity contribution in [2.45, 2.75) is 71.1 Å². The standard InChI is InChI=1S/C42H39NS.C7H9N.C2H6/c1-27-12-6-8-18-34(27)42(37-26-39-40(28(2)13-11-23-43)41(37)33-17-10-20-38(33)44-39)35-19-9-7-16-31(35)32-22-21-30(25-36(32)42)24-29-14-4-3-5-15-29;1-8-7-5-3-2-4-6-7;1-2/h3-8,10-12,14-16,20-23,25,34H,2,9,13,17-19,24,26,43H2,1H3;2-6,8H,1H3;1-2H3/b23-11-;;. The van der Waals surface area contributed by atoms with Crippen LogP contribution in [0.2, 0.25) is 0 Å². The first kappa shape index (κ1) is 37.3. The highest BCUT2D eigenvalue weighted by Crippen LogP contribution is 2.67. The monoisotopic (exact) mass is 726 g/mol. The van der Waals surface area contributed by atoms with Gasteiger partial charge >= 0.3 is 0 Å². The van der Waals surface area contributed by atoms with E-state index in [1.807, 2.05) is 63.0 Å². The van der Waals surface area contributed by atoms with Crippen molar-refractivity contribution in [3.05, 3.63) is 211 Å². The van der Waals surface area contributed by atoms with Crippen molar-refractivity contribution >= 4 is 23.0 Å². The summed E-state index contributed by atoms with van der Waals surface area (Å²) in [5, 5.41) is 3.03. The van der Waals surface area contributed by atoms with Crippen LogP contribution in [0.15, 0.2) is 189 Å². The zero-order valence-corrected chi connectivity index (χ0v) is 33.2. The number of benzene rings is 3. The van der Waals surface area contributed by atoms with Gasteiger partial charge in [0.2, 0.25) is 0 Å². The summed E-state index contributed by atoms with van der Waals surface area (Å²) in [5.41, 5.74) is 24.4. The number of para-hydroxylation sites is 1. The lowest BCUT2D eigenvalue weighted by Gasteiger charge is -2.45. The van der Waals surface area contributed by atoms with E-state index in [1.165, 1.54) is 65.5 Å². The third kappa shape index (κ3) is 6.69. The molecule has 1 aliphatic heterocycles. The molecule has 6 aliphatic rings. The summed E-state index contributed by atoms with van der Waals surface area (Å²) in [6, 6.07) is 28.4. The zero-order valence-electron chi connectivity index (χ0n) is 32.4. The number of nitrogens with one attached hydrogen (secondary N) is 1. The molecule has 3 N–H and O–H groups in total. The van der Waals surface area contributed by atoms with Gasteiger partial charge < -0.3 is 11.1 Å². The third-order valence-electron chi connectivity index (χ3n) is 11.6. The SMILES string of the molecule is C=C(C/C=C\N)C1=C2CC(C3(C4CC=CC=C4C)C4=C(C=CCC4)c4ccc(Cc5ccccc5)cc43)=C1C1=C(C=CC1)S2.CC.CNc1ccccc1. The van der Waals surface area contributed by atoms with E-state index < -0.39 is 0 Å². The highest BCUT2D eigenvalue weighted by Gasteiger charge is 2.55. The van der Waals surface area contributed by atoms with Crippen molar-refractivity contribution in [1.29, 1.82) is 0 Å². The minimum Gasteiger partial charge on any atom is -0.405 e. The normalized spacial score (nSPS) is 21.7. The average Bonchev–Trinajstić information content (AvgIpc) is 3.90. The molecule has 2 bridgehead atoms. The maximum Gasteiger partial charge on any atom is 0.0466 e. The molecule has 0 aromatic heterocycles. The maximum atomic E-state index is 5.83. The molecule has 274 valence electrons. The van der Waals surface area contributed by atoms with Crippen LogP contribution >= 0.6 is 11.8 Å². The second-order valence-electron chi connectivity index (χ2n) is 14.5. The highest BCUT2D eigenvalue weighted by atomic mass is 32.2. The fraction of sp³-hybridized carbons (Fsp3) is 0.255.